The largest absolute Gasteiger partial charge is 1.00 e. The summed E-state index contributed by atoms with van der Waals surface area (Å²) in [6, 6.07) is 139. The number of anilines is 4. The summed E-state index contributed by atoms with van der Waals surface area (Å²) < 4.78 is 5.36. The van der Waals surface area contributed by atoms with Gasteiger partial charge in [-0.05, 0) is 128 Å². The van der Waals surface area contributed by atoms with Crippen LogP contribution in [0.15, 0.2) is 400 Å². The molecule has 140 heavy (non-hydrogen) atoms. The van der Waals surface area contributed by atoms with Crippen LogP contribution in [0.2, 0.25) is 25.2 Å². The minimum atomic E-state index is -1.57. The van der Waals surface area contributed by atoms with Crippen LogP contribution in [0.4, 0.5) is 28.3 Å². The number of rotatable bonds is 19. The number of hydrogen-bond donors (Lipinski definition) is 7. The van der Waals surface area contributed by atoms with Crippen molar-refractivity contribution < 1.29 is 204 Å². The van der Waals surface area contributed by atoms with E-state index in [-0.39, 0.29) is 213 Å². The fourth-order valence-electron chi connectivity index (χ4n) is 14.1. The quantitative estimate of drug-likeness (QED) is 0.0131. The fourth-order valence-corrected chi connectivity index (χ4v) is 24.2. The molecule has 0 bridgehead atoms. The van der Waals surface area contributed by atoms with Crippen LogP contribution in [-0.4, -0.2) is 145 Å². The Bertz CT molecular complexity index is 5430. The first kappa shape index (κ1) is 118. The van der Waals surface area contributed by atoms with Gasteiger partial charge in [-0.15, -0.1) is 20.4 Å². The second kappa shape index (κ2) is 63.9. The molecule has 2 aliphatic rings. The van der Waals surface area contributed by atoms with Crippen LogP contribution < -0.4 is 239 Å². The number of nitrogen functional groups attached to an aromatic ring is 2. The van der Waals surface area contributed by atoms with Crippen LogP contribution in [0, 0.1) is 0 Å². The van der Waals surface area contributed by atoms with Gasteiger partial charge in [0.1, 0.15) is 11.3 Å². The van der Waals surface area contributed by atoms with Gasteiger partial charge in [0.05, 0.1) is 39.3 Å². The van der Waals surface area contributed by atoms with Crippen molar-refractivity contribution in [2.24, 2.45) is 0 Å². The standard InChI is InChI=1S/4C18H15P.C14H16Cl2N6O.C13H21ClN6O3.C6H5BCl2O2.CH2O3.2Cs.Pd.H/c4*1-4-10-16(11-5-1)19(17-12-6-2-7-13-17)18-14-8-3-9-15-18;15-10-3-1-2-9(11(10)16)12-13(17)19-14(21-20-12)22-5-4-18-8(6-22)7-23;1-13(2,3)23-12(22)20-5-4-19(6-8(20)7-21)11-16-10(15)9(14)17-18-11;8-5-3-1-2-4(6(5)9)7(10)11;2-1-4-3;;;;/h4*1-15H;1-3,8,18,23H,4-7H2,(H2,17,19,21);8,21H,4-7H2,1-3H3,(H2,15,16,18);1-3,10-11H;1,3H;;;;/q;;;;;;;;2*+1;;-1/p-1/t;;;;2*8-;;;;;;/m....11....../s1. The van der Waals surface area contributed by atoms with E-state index < -0.39 is 56.5 Å². The molecule has 0 spiro atoms. The summed E-state index contributed by atoms with van der Waals surface area (Å²) in [5.74, 6) is 1.07. The van der Waals surface area contributed by atoms with Crippen molar-refractivity contribution in [3.05, 3.63) is 426 Å². The maximum atomic E-state index is 12.2. The summed E-state index contributed by atoms with van der Waals surface area (Å²) in [4.78, 5) is 37.1. The SMILES string of the molecule is CC(C)(C)OC(=O)N1CCN(c2nnc(Cl)c(N)n2)C[C@@H]1CO.Nc1nc(N2CCN[C@@H](CO)C2)nnc1-c1cccc(Cl)c1Cl.O=CO[O-].OB(O)c1cccc(Cl)c1Cl.[Cs+].[Cs+].[H-].[Pd].c1ccc(P(c2ccccc2)c2ccccc2)cc1.c1ccc(P(c2ccccc2)c2ccccc2)cc1.c1ccc(P(c2ccccc2)c2ccccc2)cc1.c1ccc(P(c2ccccc2)c2ccccc2)cc1. The number of halogens is 5. The predicted molar refractivity (Wildman–Crippen MR) is 571 cm³/mol. The first-order valence-electron chi connectivity index (χ1n) is 43.5. The maximum absolute atomic E-state index is 12.2. The van der Waals surface area contributed by atoms with Crippen molar-refractivity contribution in [2.45, 2.75) is 38.5 Å². The zero-order chi connectivity index (χ0) is 97.1. The van der Waals surface area contributed by atoms with Crippen LogP contribution in [0.25, 0.3) is 11.3 Å². The molecule has 712 valence electrons. The number of amides is 1. The number of aromatic nitrogens is 6. The van der Waals surface area contributed by atoms with Crippen molar-refractivity contribution in [1.29, 1.82) is 0 Å². The van der Waals surface area contributed by atoms with Crippen molar-refractivity contribution >= 4 is 202 Å². The minimum absolute atomic E-state index is 0. The molecular formula is C106H104BCl5Cs2N12O9P4Pd. The molecule has 2 aliphatic heterocycles. The Hall–Kier alpha value is -7.20. The molecule has 18 rings (SSSR count). The van der Waals surface area contributed by atoms with Gasteiger partial charge in [-0.25, -0.2) is 4.79 Å². The molecule has 9 N–H and O–H groups in total. The van der Waals surface area contributed by atoms with Gasteiger partial charge in [0.2, 0.25) is 11.9 Å². The first-order chi connectivity index (χ1) is 66.6. The third-order valence-electron chi connectivity index (χ3n) is 20.4. The molecule has 1 amide bonds. The molecule has 2 atom stereocenters. The second-order valence-electron chi connectivity index (χ2n) is 31.0. The van der Waals surface area contributed by atoms with E-state index >= 15 is 0 Å². The van der Waals surface area contributed by atoms with E-state index in [2.05, 4.69) is 405 Å². The Balaban J connectivity index is 0.000000222. The molecule has 0 unspecified atom stereocenters. The topological polar surface area (TPSA) is 308 Å². The van der Waals surface area contributed by atoms with Gasteiger partial charge < -0.3 is 63.2 Å². The van der Waals surface area contributed by atoms with Crippen molar-refractivity contribution in [2.75, 3.05) is 73.7 Å². The normalized spacial score (nSPS) is 12.8. The Morgan fingerprint density at radius 2 is 0.721 bits per heavy atom. The van der Waals surface area contributed by atoms with Crippen LogP contribution >= 0.6 is 89.7 Å². The summed E-state index contributed by atoms with van der Waals surface area (Å²) in [5, 5.41) is 82.0. The van der Waals surface area contributed by atoms with Crippen molar-refractivity contribution in [3.8, 4) is 11.3 Å². The van der Waals surface area contributed by atoms with E-state index in [9.17, 15) is 15.0 Å². The Morgan fingerprint density at radius 3 is 0.993 bits per heavy atom. The average molecular weight is 2370 g/mol. The number of piperazine rings is 2. The predicted octanol–water partition coefficient (Wildman–Crippen LogP) is 8.73. The molecule has 34 heteroatoms. The monoisotopic (exact) mass is 2370 g/mol. The second-order valence-corrected chi connectivity index (χ2v) is 41.9. The number of ether oxygens (including phenoxy) is 1. The fraction of sp³-hybridized carbons (Fsp3) is 0.132. The van der Waals surface area contributed by atoms with E-state index in [1.165, 1.54) is 74.6 Å². The smallest absolute Gasteiger partial charge is 1.00 e. The van der Waals surface area contributed by atoms with E-state index in [1.807, 2.05) is 4.90 Å². The Labute approximate surface area is 982 Å². The number of hydrogen-bond acceptors (Lipinski definition) is 20. The Kier molecular flexibility index (Phi) is 53.9. The zero-order valence-corrected chi connectivity index (χ0v) is 99.0. The molecule has 2 aromatic heterocycles. The molecular weight excluding hydrogens is 2270 g/mol. The molecule has 2 fully saturated rings. The average Bonchev–Trinajstić information content (AvgIpc) is 0.787. The van der Waals surface area contributed by atoms with Gasteiger partial charge in [-0.2, -0.15) is 9.97 Å². The van der Waals surface area contributed by atoms with Crippen LogP contribution in [0.1, 0.15) is 22.2 Å². The van der Waals surface area contributed by atoms with Gasteiger partial charge >= 0.3 is 151 Å². The van der Waals surface area contributed by atoms with E-state index in [0.29, 0.717) is 64.4 Å². The number of aliphatic hydroxyl groups is 2. The minimum Gasteiger partial charge on any atom is -1.00 e. The van der Waals surface area contributed by atoms with E-state index in [0.717, 1.165) is 13.1 Å². The molecule has 0 aliphatic carbocycles. The molecule has 0 radical (unpaired) electrons. The maximum Gasteiger partial charge on any atom is 1.00 e. The first-order valence-corrected chi connectivity index (χ1v) is 50.8. The summed E-state index contributed by atoms with van der Waals surface area (Å²) in [6.45, 7) is 8.28. The summed E-state index contributed by atoms with van der Waals surface area (Å²) >= 11 is 29.2. The third kappa shape index (κ3) is 37.1. The van der Waals surface area contributed by atoms with Gasteiger partial charge in [0.15, 0.2) is 16.8 Å². The van der Waals surface area contributed by atoms with Crippen LogP contribution in [0.3, 0.4) is 0 Å². The molecule has 21 nitrogen and oxygen atoms in total. The summed E-state index contributed by atoms with van der Waals surface area (Å²) in [7, 11) is -3.35. The molecule has 14 aromatic carbocycles. The molecule has 4 heterocycles. The third-order valence-corrected chi connectivity index (χ3v) is 32.1. The number of nitrogens with two attached hydrogens (primary N) is 2. The number of carbonyl (C=O) groups excluding carboxylic acids is 2. The van der Waals surface area contributed by atoms with E-state index in [1.54, 1.807) is 56.0 Å². The number of benzene rings is 14. The number of carbonyl (C=O) groups is 2. The van der Waals surface area contributed by atoms with Crippen molar-refractivity contribution in [1.82, 2.24) is 40.6 Å². The molecule has 2 saturated heterocycles. The zero-order valence-electron chi connectivity index (χ0n) is 78.6. The molecule has 0 saturated carbocycles. The number of nitrogens with zero attached hydrogens (tertiary/aromatic N) is 9. The summed E-state index contributed by atoms with van der Waals surface area (Å²) in [6.07, 6.45) is -0.453. The van der Waals surface area contributed by atoms with Crippen molar-refractivity contribution in [3.63, 3.8) is 0 Å². The van der Waals surface area contributed by atoms with Gasteiger partial charge in [-0.3, -0.25) is 9.69 Å². The Morgan fingerprint density at radius 1 is 0.429 bits per heavy atom. The van der Waals surface area contributed by atoms with Gasteiger partial charge in [-0.1, -0.05) is 446 Å². The molecule has 16 aromatic rings. The number of nitrogens with one attached hydrogen (secondary N) is 1. The van der Waals surface area contributed by atoms with Gasteiger partial charge in [0.25, 0.3) is 6.47 Å². The van der Waals surface area contributed by atoms with Gasteiger partial charge in [0, 0.05) is 76.8 Å². The van der Waals surface area contributed by atoms with E-state index in [4.69, 9.17) is 94.3 Å². The van der Waals surface area contributed by atoms with Crippen LogP contribution in [-0.2, 0) is 34.8 Å². The summed E-state index contributed by atoms with van der Waals surface area (Å²) in [5.41, 5.74) is 12.3. The number of aliphatic hydroxyl groups excluding tert-OH is 2. The van der Waals surface area contributed by atoms with Crippen LogP contribution in [0.5, 0.6) is 0 Å².